The van der Waals surface area contributed by atoms with Crippen LogP contribution in [-0.4, -0.2) is 32.5 Å². The van der Waals surface area contributed by atoms with Crippen molar-refractivity contribution in [2.45, 2.75) is 19.0 Å². The summed E-state index contributed by atoms with van der Waals surface area (Å²) in [5, 5.41) is 11.6. The molecule has 1 unspecified atom stereocenters. The number of nitrogens with one attached hydrogen (secondary N) is 1. The molecule has 0 aliphatic carbocycles. The molecule has 25 heavy (non-hydrogen) atoms. The second-order valence-electron chi connectivity index (χ2n) is 5.70. The van der Waals surface area contributed by atoms with E-state index in [4.69, 9.17) is 5.73 Å². The Hall–Kier alpha value is -2.38. The van der Waals surface area contributed by atoms with E-state index in [1.54, 1.807) is 23.9 Å². The molecule has 3 N–H and O–H groups in total. The van der Waals surface area contributed by atoms with Gasteiger partial charge >= 0.3 is 0 Å². The van der Waals surface area contributed by atoms with Crippen LogP contribution in [0, 0.1) is 0 Å². The lowest BCUT2D eigenvalue weighted by Gasteiger charge is -2.17. The first-order valence-electron chi connectivity index (χ1n) is 8.11. The summed E-state index contributed by atoms with van der Waals surface area (Å²) in [6.07, 6.45) is 4.74. The van der Waals surface area contributed by atoms with Crippen molar-refractivity contribution in [3.63, 3.8) is 0 Å². The average Bonchev–Trinajstić information content (AvgIpc) is 3.09. The van der Waals surface area contributed by atoms with Crippen LogP contribution in [0.4, 0.5) is 0 Å². The lowest BCUT2D eigenvalue weighted by molar-refractivity contribution is 0.0934. The highest BCUT2D eigenvalue weighted by Gasteiger charge is 2.20. The number of nitrogens with two attached hydrogens (primary N) is 1. The van der Waals surface area contributed by atoms with Gasteiger partial charge in [0.1, 0.15) is 0 Å². The van der Waals surface area contributed by atoms with Crippen LogP contribution in [0.25, 0.3) is 5.65 Å². The summed E-state index contributed by atoms with van der Waals surface area (Å²) in [6, 6.07) is 12.9. The third kappa shape index (κ3) is 4.00. The number of rotatable bonds is 7. The fraction of sp³-hybridized carbons (Fsp3) is 0.278. The summed E-state index contributed by atoms with van der Waals surface area (Å²) in [5.41, 5.74) is 7.99. The minimum Gasteiger partial charge on any atom is -0.342 e. The minimum absolute atomic E-state index is 0.123. The maximum absolute atomic E-state index is 12.6. The molecule has 3 aromatic rings. The van der Waals surface area contributed by atoms with Crippen molar-refractivity contribution in [2.75, 3.05) is 12.0 Å². The molecule has 130 valence electrons. The number of fused-ring (bicyclic) bond motifs is 1. The number of hydrogen-bond acceptors (Lipinski definition) is 5. The molecule has 1 atom stereocenters. The number of pyridine rings is 1. The first-order chi connectivity index (χ1) is 12.2. The average molecular weight is 355 g/mol. The fourth-order valence-electron chi connectivity index (χ4n) is 2.63. The monoisotopic (exact) mass is 355 g/mol. The Morgan fingerprint density at radius 2 is 2.04 bits per heavy atom. The highest BCUT2D eigenvalue weighted by molar-refractivity contribution is 7.98. The van der Waals surface area contributed by atoms with Gasteiger partial charge in [0, 0.05) is 18.3 Å². The highest BCUT2D eigenvalue weighted by Crippen LogP contribution is 2.19. The van der Waals surface area contributed by atoms with Gasteiger partial charge in [0.15, 0.2) is 11.5 Å². The van der Waals surface area contributed by atoms with E-state index in [-0.39, 0.29) is 11.9 Å². The zero-order valence-electron chi connectivity index (χ0n) is 14.1. The van der Waals surface area contributed by atoms with Crippen LogP contribution in [0.3, 0.4) is 0 Å². The molecule has 0 radical (unpaired) electrons. The number of benzene rings is 1. The number of aromatic nitrogens is 3. The predicted molar refractivity (Wildman–Crippen MR) is 101 cm³/mol. The van der Waals surface area contributed by atoms with Crippen LogP contribution in [0.15, 0.2) is 48.7 Å². The second kappa shape index (κ2) is 8.13. The van der Waals surface area contributed by atoms with Crippen molar-refractivity contribution in [3.8, 4) is 0 Å². The summed E-state index contributed by atoms with van der Waals surface area (Å²) in [7, 11) is 0. The summed E-state index contributed by atoms with van der Waals surface area (Å²) in [4.78, 5) is 12.6. The molecule has 0 aliphatic rings. The van der Waals surface area contributed by atoms with Crippen LogP contribution in [0.2, 0.25) is 0 Å². The summed E-state index contributed by atoms with van der Waals surface area (Å²) in [6.45, 7) is 0.462. The first kappa shape index (κ1) is 17.4. The topological polar surface area (TPSA) is 85.3 Å². The van der Waals surface area contributed by atoms with E-state index in [0.29, 0.717) is 12.1 Å². The van der Waals surface area contributed by atoms with Gasteiger partial charge in [0.05, 0.1) is 6.04 Å². The van der Waals surface area contributed by atoms with Crippen LogP contribution < -0.4 is 11.1 Å². The lowest BCUT2D eigenvalue weighted by Crippen LogP contribution is -2.30. The third-order valence-corrected chi connectivity index (χ3v) is 4.66. The number of carbonyl (C=O) groups is 1. The summed E-state index contributed by atoms with van der Waals surface area (Å²) in [5.74, 6) is 1.54. The number of amides is 1. The molecular formula is C18H21N5OS. The lowest BCUT2D eigenvalue weighted by atomic mass is 10.1. The van der Waals surface area contributed by atoms with Crippen molar-refractivity contribution in [1.29, 1.82) is 0 Å². The molecule has 0 fully saturated rings. The van der Waals surface area contributed by atoms with E-state index >= 15 is 0 Å². The Kier molecular flexibility index (Phi) is 5.67. The molecule has 0 spiro atoms. The SMILES string of the molecule is CSCCC(NC(=O)c1ccc(CN)cc1)c1nnc2ccccn12. The van der Waals surface area contributed by atoms with E-state index in [1.165, 1.54) is 0 Å². The molecule has 1 aromatic carbocycles. The summed E-state index contributed by atoms with van der Waals surface area (Å²) < 4.78 is 1.92. The van der Waals surface area contributed by atoms with Crippen molar-refractivity contribution in [1.82, 2.24) is 19.9 Å². The van der Waals surface area contributed by atoms with Crippen LogP contribution in [0.1, 0.15) is 34.2 Å². The van der Waals surface area contributed by atoms with E-state index in [0.717, 1.165) is 29.2 Å². The van der Waals surface area contributed by atoms with Crippen molar-refractivity contribution in [2.24, 2.45) is 5.73 Å². The number of carbonyl (C=O) groups excluding carboxylic acids is 1. The van der Waals surface area contributed by atoms with Gasteiger partial charge in [-0.2, -0.15) is 11.8 Å². The van der Waals surface area contributed by atoms with Crippen molar-refractivity contribution >= 4 is 23.3 Å². The third-order valence-electron chi connectivity index (χ3n) is 4.02. The van der Waals surface area contributed by atoms with E-state index in [9.17, 15) is 4.79 Å². The Bertz CT molecular complexity index is 846. The molecule has 3 rings (SSSR count). The first-order valence-corrected chi connectivity index (χ1v) is 9.50. The van der Waals surface area contributed by atoms with E-state index in [1.807, 2.05) is 47.2 Å². The van der Waals surface area contributed by atoms with Crippen LogP contribution >= 0.6 is 11.8 Å². The number of thioether (sulfide) groups is 1. The maximum Gasteiger partial charge on any atom is 0.251 e. The largest absolute Gasteiger partial charge is 0.342 e. The van der Waals surface area contributed by atoms with Gasteiger partial charge in [-0.1, -0.05) is 18.2 Å². The van der Waals surface area contributed by atoms with Gasteiger partial charge in [-0.25, -0.2) is 0 Å². The Labute approximate surface area is 150 Å². The van der Waals surface area contributed by atoms with Gasteiger partial charge in [-0.15, -0.1) is 10.2 Å². The molecule has 1 amide bonds. The van der Waals surface area contributed by atoms with Gasteiger partial charge < -0.3 is 11.1 Å². The smallest absolute Gasteiger partial charge is 0.251 e. The Morgan fingerprint density at radius 1 is 1.24 bits per heavy atom. The molecule has 2 aromatic heterocycles. The Balaban J connectivity index is 1.84. The van der Waals surface area contributed by atoms with Crippen LogP contribution in [0.5, 0.6) is 0 Å². The normalized spacial score (nSPS) is 12.2. The van der Waals surface area contributed by atoms with Gasteiger partial charge in [0.2, 0.25) is 0 Å². The molecule has 2 heterocycles. The fourth-order valence-corrected chi connectivity index (χ4v) is 3.10. The number of hydrogen-bond donors (Lipinski definition) is 2. The zero-order chi connectivity index (χ0) is 17.6. The minimum atomic E-state index is -0.202. The molecule has 6 nitrogen and oxygen atoms in total. The van der Waals surface area contributed by atoms with Gasteiger partial charge in [-0.05, 0) is 48.3 Å². The molecule has 0 saturated heterocycles. The van der Waals surface area contributed by atoms with Gasteiger partial charge in [-0.3, -0.25) is 9.20 Å². The van der Waals surface area contributed by atoms with Gasteiger partial charge in [0.25, 0.3) is 5.91 Å². The zero-order valence-corrected chi connectivity index (χ0v) is 14.9. The number of nitrogens with zero attached hydrogens (tertiary/aromatic N) is 3. The van der Waals surface area contributed by atoms with E-state index in [2.05, 4.69) is 15.5 Å². The highest BCUT2D eigenvalue weighted by atomic mass is 32.2. The van der Waals surface area contributed by atoms with Crippen LogP contribution in [-0.2, 0) is 6.54 Å². The predicted octanol–water partition coefficient (Wildman–Crippen LogP) is 2.41. The van der Waals surface area contributed by atoms with Crippen molar-refractivity contribution in [3.05, 3.63) is 65.6 Å². The Morgan fingerprint density at radius 3 is 2.76 bits per heavy atom. The maximum atomic E-state index is 12.6. The summed E-state index contributed by atoms with van der Waals surface area (Å²) >= 11 is 1.74. The molecule has 0 bridgehead atoms. The quantitative estimate of drug-likeness (QED) is 0.680. The second-order valence-corrected chi connectivity index (χ2v) is 6.68. The standard InChI is InChI=1S/C18H21N5OS/c1-25-11-9-15(17-22-21-16-4-2-3-10-23(16)17)20-18(24)14-7-5-13(12-19)6-8-14/h2-8,10,15H,9,11-12,19H2,1H3,(H,20,24). The van der Waals surface area contributed by atoms with Crippen molar-refractivity contribution < 1.29 is 4.79 Å². The molecule has 7 heteroatoms. The molecule has 0 aliphatic heterocycles. The molecular weight excluding hydrogens is 334 g/mol. The van der Waals surface area contributed by atoms with E-state index < -0.39 is 0 Å². The molecule has 0 saturated carbocycles.